The molecule has 10 N–H and O–H groups in total. The van der Waals surface area contributed by atoms with Crippen molar-refractivity contribution in [2.24, 2.45) is 0 Å². The maximum absolute atomic E-state index is 12.7. The van der Waals surface area contributed by atoms with Gasteiger partial charge in [-0.2, -0.15) is 0 Å². The van der Waals surface area contributed by atoms with E-state index in [2.05, 4.69) is 24.1 Å². The molecular weight excluding hydrogens is 640 g/mol. The number of hydrogen-bond donors (Lipinski definition) is 10. The fourth-order valence-corrected chi connectivity index (χ4v) is 5.32. The number of hydrogen-bond acceptors (Lipinski definition) is 15. The number of carbonyl (C=O) groups excluding carboxylic acids is 2. The summed E-state index contributed by atoms with van der Waals surface area (Å²) in [5.41, 5.74) is -1.84. The van der Waals surface area contributed by atoms with E-state index in [0.717, 1.165) is 25.3 Å². The Kier molecular flexibility index (Phi) is 19.3. The summed E-state index contributed by atoms with van der Waals surface area (Å²) < 4.78 is 27.5. The lowest BCUT2D eigenvalue weighted by molar-refractivity contribution is -0.315. The van der Waals surface area contributed by atoms with E-state index >= 15 is 0 Å². The largest absolute Gasteiger partial charge is 0.447 e. The highest BCUT2D eigenvalue weighted by molar-refractivity contribution is 5.87. The zero-order valence-corrected chi connectivity index (χ0v) is 27.6. The number of aliphatic hydroxyl groups is 8. The van der Waals surface area contributed by atoms with Crippen LogP contribution < -0.4 is 10.6 Å². The van der Waals surface area contributed by atoms with Crippen LogP contribution in [0.4, 0.5) is 4.79 Å². The molecule has 2 saturated heterocycles. The molecule has 0 aliphatic carbocycles. The fraction of sp³-hybridized carbons (Fsp3) is 0.871. The second-order valence-corrected chi connectivity index (χ2v) is 12.3. The molecule has 0 saturated carbocycles. The van der Waals surface area contributed by atoms with Crippen molar-refractivity contribution < 1.29 is 74.1 Å². The van der Waals surface area contributed by atoms with Gasteiger partial charge in [0.05, 0.1) is 26.4 Å². The second kappa shape index (κ2) is 22.0. The van der Waals surface area contributed by atoms with E-state index in [-0.39, 0.29) is 0 Å². The van der Waals surface area contributed by atoms with Crippen molar-refractivity contribution in [2.45, 2.75) is 132 Å². The Balaban J connectivity index is 2.12. The summed E-state index contributed by atoms with van der Waals surface area (Å²) in [7, 11) is 0. The highest BCUT2D eigenvalue weighted by atomic mass is 16.7. The summed E-state index contributed by atoms with van der Waals surface area (Å²) in [6.45, 7) is 2.50. The van der Waals surface area contributed by atoms with Crippen LogP contribution in [0.1, 0.15) is 64.7 Å². The van der Waals surface area contributed by atoms with E-state index < -0.39 is 112 Å². The Labute approximate surface area is 280 Å². The highest BCUT2D eigenvalue weighted by Gasteiger charge is 2.48. The molecule has 48 heavy (non-hydrogen) atoms. The van der Waals surface area contributed by atoms with Gasteiger partial charge in [-0.25, -0.2) is 4.79 Å². The number of unbranched alkanes of at least 4 members (excludes halogenated alkanes) is 8. The van der Waals surface area contributed by atoms with Gasteiger partial charge in [-0.3, -0.25) is 4.79 Å². The predicted molar refractivity (Wildman–Crippen MR) is 167 cm³/mol. The predicted octanol–water partition coefficient (Wildman–Crippen LogP) is -2.08. The van der Waals surface area contributed by atoms with Crippen molar-refractivity contribution in [1.82, 2.24) is 10.6 Å². The van der Waals surface area contributed by atoms with Crippen LogP contribution in [-0.2, 0) is 28.5 Å². The summed E-state index contributed by atoms with van der Waals surface area (Å²) in [5.74, 6) is -0.788. The minimum Gasteiger partial charge on any atom is -0.447 e. The quantitative estimate of drug-likeness (QED) is 0.0430. The maximum atomic E-state index is 12.7. The van der Waals surface area contributed by atoms with Gasteiger partial charge in [-0.1, -0.05) is 64.9 Å². The average Bonchev–Trinajstić information content (AvgIpc) is 3.08. The smallest absolute Gasteiger partial charge is 0.407 e. The molecule has 10 atom stereocenters. The SMILES string of the molecule is C=CC(=O)NC(COC(=O)NCCCCCCCCCCC)(CO[C@@H]1OC(CO)[C@@H](O)[C@H](O)C1O)CO[C@@H]1OC(CO)[C@@H](O)[C@H](O)C1O. The number of ether oxygens (including phenoxy) is 5. The van der Waals surface area contributed by atoms with Gasteiger partial charge >= 0.3 is 6.09 Å². The molecule has 17 nitrogen and oxygen atoms in total. The highest BCUT2D eigenvalue weighted by Crippen LogP contribution is 2.26. The van der Waals surface area contributed by atoms with Gasteiger partial charge in [0.25, 0.3) is 0 Å². The fourth-order valence-electron chi connectivity index (χ4n) is 5.32. The summed E-state index contributed by atoms with van der Waals surface area (Å²) in [4.78, 5) is 25.3. The van der Waals surface area contributed by atoms with Crippen LogP contribution in [0.5, 0.6) is 0 Å². The molecule has 2 aliphatic rings. The van der Waals surface area contributed by atoms with Crippen LogP contribution in [0.3, 0.4) is 0 Å². The molecule has 0 aromatic rings. The number of carbonyl (C=O) groups is 2. The lowest BCUT2D eigenvalue weighted by atomic mass is 9.98. The van der Waals surface area contributed by atoms with E-state index in [9.17, 15) is 50.4 Å². The van der Waals surface area contributed by atoms with Crippen molar-refractivity contribution in [3.8, 4) is 0 Å². The Morgan fingerprint density at radius 1 is 0.708 bits per heavy atom. The maximum Gasteiger partial charge on any atom is 0.407 e. The van der Waals surface area contributed by atoms with E-state index in [4.69, 9.17) is 23.7 Å². The topological polar surface area (TPSA) is 266 Å². The van der Waals surface area contributed by atoms with Crippen LogP contribution in [-0.4, -0.2) is 159 Å². The van der Waals surface area contributed by atoms with Crippen molar-refractivity contribution >= 4 is 12.0 Å². The summed E-state index contributed by atoms with van der Waals surface area (Å²) >= 11 is 0. The Hall–Kier alpha value is -2.00. The normalized spacial score (nSPS) is 31.9. The van der Waals surface area contributed by atoms with Crippen LogP contribution >= 0.6 is 0 Å². The molecular formula is C31H56N2O15. The van der Waals surface area contributed by atoms with Crippen molar-refractivity contribution in [3.05, 3.63) is 12.7 Å². The Morgan fingerprint density at radius 3 is 1.60 bits per heavy atom. The van der Waals surface area contributed by atoms with Gasteiger partial charge in [0.1, 0.15) is 61.0 Å². The minimum atomic E-state index is -1.84. The second-order valence-electron chi connectivity index (χ2n) is 12.3. The Morgan fingerprint density at radius 2 is 1.17 bits per heavy atom. The standard InChI is InChI=1S/C31H56N2O15/c1-3-5-6-7-8-9-10-11-12-13-32-30(43)46-18-31(33-21(36)4-2,16-44-28-26(41)24(39)22(37)19(14-34)47-28)17-45-29-27(42)25(40)23(38)20(15-35)48-29/h4,19-20,22-29,34-35,37-42H,2-3,5-18H2,1H3,(H,32,43)(H,33,36)/t19?,20?,22-,23-,24+,25+,26?,27?,28-,29-,31?/m1/s1. The van der Waals surface area contributed by atoms with Crippen LogP contribution in [0.25, 0.3) is 0 Å². The Bertz CT molecular complexity index is 902. The first-order valence-corrected chi connectivity index (χ1v) is 16.6. The molecule has 0 aromatic carbocycles. The van der Waals surface area contributed by atoms with Gasteiger partial charge in [-0.05, 0) is 12.5 Å². The zero-order chi connectivity index (χ0) is 35.7. The average molecular weight is 697 g/mol. The lowest BCUT2D eigenvalue weighted by Crippen LogP contribution is -2.64. The molecule has 0 spiro atoms. The summed E-state index contributed by atoms with van der Waals surface area (Å²) in [6.07, 6.45) is -6.50. The van der Waals surface area contributed by atoms with Crippen molar-refractivity contribution in [1.29, 1.82) is 0 Å². The van der Waals surface area contributed by atoms with E-state index in [1.54, 1.807) is 0 Å². The summed E-state index contributed by atoms with van der Waals surface area (Å²) in [6, 6.07) is 0. The van der Waals surface area contributed by atoms with Crippen molar-refractivity contribution in [3.63, 3.8) is 0 Å². The van der Waals surface area contributed by atoms with E-state index in [1.165, 1.54) is 32.1 Å². The molecule has 2 aliphatic heterocycles. The molecule has 4 unspecified atom stereocenters. The van der Waals surface area contributed by atoms with E-state index in [0.29, 0.717) is 13.0 Å². The third-order valence-electron chi connectivity index (χ3n) is 8.35. The lowest BCUT2D eigenvalue weighted by Gasteiger charge is -2.43. The number of alkyl carbamates (subject to hydrolysis) is 1. The third kappa shape index (κ3) is 13.0. The monoisotopic (exact) mass is 696 g/mol. The third-order valence-corrected chi connectivity index (χ3v) is 8.35. The van der Waals surface area contributed by atoms with E-state index in [1.807, 2.05) is 0 Å². The van der Waals surface area contributed by atoms with Crippen LogP contribution in [0.15, 0.2) is 12.7 Å². The molecule has 2 heterocycles. The molecule has 0 aromatic heterocycles. The molecule has 280 valence electrons. The molecule has 2 fully saturated rings. The molecule has 17 heteroatoms. The molecule has 0 bridgehead atoms. The van der Waals surface area contributed by atoms with Crippen molar-refractivity contribution in [2.75, 3.05) is 39.6 Å². The first-order chi connectivity index (χ1) is 22.9. The summed E-state index contributed by atoms with van der Waals surface area (Å²) in [5, 5.41) is 85.8. The van der Waals surface area contributed by atoms with Crippen LogP contribution in [0.2, 0.25) is 0 Å². The number of amides is 2. The van der Waals surface area contributed by atoms with Gasteiger partial charge in [0.2, 0.25) is 5.91 Å². The van der Waals surface area contributed by atoms with Gasteiger partial charge in [0.15, 0.2) is 12.6 Å². The molecule has 2 amide bonds. The van der Waals surface area contributed by atoms with Gasteiger partial charge < -0.3 is 75.2 Å². The minimum absolute atomic E-state index is 0.323. The van der Waals surface area contributed by atoms with Gasteiger partial charge in [-0.15, -0.1) is 0 Å². The molecule has 0 radical (unpaired) electrons. The molecule has 2 rings (SSSR count). The first kappa shape index (κ1) is 42.2. The first-order valence-electron chi connectivity index (χ1n) is 16.6. The van der Waals surface area contributed by atoms with Crippen LogP contribution in [0, 0.1) is 0 Å². The number of nitrogens with one attached hydrogen (secondary N) is 2. The number of aliphatic hydroxyl groups excluding tert-OH is 8. The number of rotatable bonds is 22. The van der Waals surface area contributed by atoms with Gasteiger partial charge in [0, 0.05) is 6.54 Å². The zero-order valence-electron chi connectivity index (χ0n) is 27.6.